The summed E-state index contributed by atoms with van der Waals surface area (Å²) in [7, 11) is 2.86. The molecular weight excluding hydrogens is 316 g/mol. The number of non-ortho nitro benzene ring substituents is 1. The topological polar surface area (TPSA) is 115 Å². The SMILES string of the molecule is CON(C)C(=O)Cc1ccc2cc([N+](=O)[O-])cc(NC(C)=O)c2n1. The minimum Gasteiger partial charge on any atom is -0.324 e. The molecule has 2 rings (SSSR count). The summed E-state index contributed by atoms with van der Waals surface area (Å²) in [6, 6.07) is 5.82. The Balaban J connectivity index is 2.49. The van der Waals surface area contributed by atoms with E-state index in [1.807, 2.05) is 0 Å². The van der Waals surface area contributed by atoms with Crippen molar-refractivity contribution >= 4 is 34.1 Å². The van der Waals surface area contributed by atoms with E-state index in [9.17, 15) is 19.7 Å². The smallest absolute Gasteiger partial charge is 0.272 e. The lowest BCUT2D eigenvalue weighted by Gasteiger charge is -2.13. The van der Waals surface area contributed by atoms with Crippen molar-refractivity contribution in [3.8, 4) is 0 Å². The van der Waals surface area contributed by atoms with Gasteiger partial charge in [0.2, 0.25) is 5.91 Å². The molecule has 9 heteroatoms. The number of carbonyl (C=O) groups is 2. The summed E-state index contributed by atoms with van der Waals surface area (Å²) < 4.78 is 0. The van der Waals surface area contributed by atoms with Crippen LogP contribution in [0.5, 0.6) is 0 Å². The van der Waals surface area contributed by atoms with Crippen LogP contribution in [0.25, 0.3) is 10.9 Å². The van der Waals surface area contributed by atoms with Gasteiger partial charge in [0, 0.05) is 31.5 Å². The molecule has 0 aliphatic heterocycles. The normalized spacial score (nSPS) is 10.5. The van der Waals surface area contributed by atoms with E-state index >= 15 is 0 Å². The Bertz CT molecular complexity index is 821. The molecule has 0 aliphatic carbocycles. The maximum Gasteiger partial charge on any atom is 0.272 e. The second-order valence-corrected chi connectivity index (χ2v) is 5.06. The highest BCUT2D eigenvalue weighted by Crippen LogP contribution is 2.28. The van der Waals surface area contributed by atoms with Crippen LogP contribution in [0.3, 0.4) is 0 Å². The van der Waals surface area contributed by atoms with Crippen molar-refractivity contribution in [3.05, 3.63) is 40.1 Å². The zero-order valence-corrected chi connectivity index (χ0v) is 13.4. The standard InChI is InChI=1S/C15H16N4O5/c1-9(20)16-13-8-12(19(22)23)6-10-4-5-11(17-15(10)13)7-14(21)18(2)24-3/h4-6,8H,7H2,1-3H3,(H,16,20). The van der Waals surface area contributed by atoms with Crippen molar-refractivity contribution in [3.63, 3.8) is 0 Å². The van der Waals surface area contributed by atoms with Crippen LogP contribution < -0.4 is 5.32 Å². The van der Waals surface area contributed by atoms with E-state index in [1.54, 1.807) is 12.1 Å². The van der Waals surface area contributed by atoms with Crippen LogP contribution >= 0.6 is 0 Å². The molecule has 0 bridgehead atoms. The van der Waals surface area contributed by atoms with Gasteiger partial charge in [-0.2, -0.15) is 0 Å². The van der Waals surface area contributed by atoms with Crippen molar-refractivity contribution < 1.29 is 19.3 Å². The number of pyridine rings is 1. The number of hydrogen-bond acceptors (Lipinski definition) is 6. The average Bonchev–Trinajstić information content (AvgIpc) is 2.53. The molecule has 0 spiro atoms. The first-order valence-corrected chi connectivity index (χ1v) is 6.98. The third kappa shape index (κ3) is 3.82. The van der Waals surface area contributed by atoms with Gasteiger partial charge in [0.05, 0.1) is 35.4 Å². The van der Waals surface area contributed by atoms with Crippen molar-refractivity contribution in [1.29, 1.82) is 0 Å². The first-order valence-electron chi connectivity index (χ1n) is 6.98. The van der Waals surface area contributed by atoms with Gasteiger partial charge in [-0.25, -0.2) is 5.06 Å². The number of aromatic nitrogens is 1. The van der Waals surface area contributed by atoms with E-state index in [4.69, 9.17) is 4.84 Å². The van der Waals surface area contributed by atoms with Crippen molar-refractivity contribution in [2.45, 2.75) is 13.3 Å². The molecule has 2 aromatic rings. The number of nitro groups is 1. The third-order valence-electron chi connectivity index (χ3n) is 3.31. The van der Waals surface area contributed by atoms with E-state index in [1.165, 1.54) is 33.2 Å². The number of likely N-dealkylation sites (N-methyl/N-ethyl adjacent to an activating group) is 1. The molecule has 0 unspecified atom stereocenters. The quantitative estimate of drug-likeness (QED) is 0.658. The number of benzene rings is 1. The number of amides is 2. The average molecular weight is 332 g/mol. The fourth-order valence-electron chi connectivity index (χ4n) is 2.12. The number of nitrogens with one attached hydrogen (secondary N) is 1. The molecule has 24 heavy (non-hydrogen) atoms. The summed E-state index contributed by atoms with van der Waals surface area (Å²) in [6.45, 7) is 1.30. The van der Waals surface area contributed by atoms with Crippen LogP contribution in [-0.4, -0.2) is 40.9 Å². The van der Waals surface area contributed by atoms with Gasteiger partial charge < -0.3 is 5.32 Å². The van der Waals surface area contributed by atoms with E-state index in [0.29, 0.717) is 16.6 Å². The molecule has 0 atom stereocenters. The predicted molar refractivity (Wildman–Crippen MR) is 86.2 cm³/mol. The summed E-state index contributed by atoms with van der Waals surface area (Å²) in [4.78, 5) is 42.9. The maximum atomic E-state index is 11.9. The highest BCUT2D eigenvalue weighted by Gasteiger charge is 2.16. The Morgan fingerprint density at radius 3 is 2.67 bits per heavy atom. The molecule has 1 aromatic heterocycles. The Hall–Kier alpha value is -3.07. The summed E-state index contributed by atoms with van der Waals surface area (Å²) in [6.07, 6.45) is -0.00320. The van der Waals surface area contributed by atoms with Crippen LogP contribution in [-0.2, 0) is 20.8 Å². The first kappa shape index (κ1) is 17.3. The molecule has 0 saturated carbocycles. The van der Waals surface area contributed by atoms with Crippen LogP contribution in [0, 0.1) is 10.1 Å². The highest BCUT2D eigenvalue weighted by molar-refractivity contribution is 6.00. The van der Waals surface area contributed by atoms with Gasteiger partial charge in [-0.05, 0) is 6.07 Å². The first-order chi connectivity index (χ1) is 11.3. The van der Waals surface area contributed by atoms with Gasteiger partial charge in [0.25, 0.3) is 11.6 Å². The fourth-order valence-corrected chi connectivity index (χ4v) is 2.12. The summed E-state index contributed by atoms with van der Waals surface area (Å²) in [5, 5.41) is 15.1. The third-order valence-corrected chi connectivity index (χ3v) is 3.31. The Kier molecular flexibility index (Phi) is 5.05. The number of hydroxylamine groups is 2. The van der Waals surface area contributed by atoms with Crippen molar-refractivity contribution in [2.75, 3.05) is 19.5 Å². The number of nitro benzene ring substituents is 1. The summed E-state index contributed by atoms with van der Waals surface area (Å²) in [5.74, 6) is -0.675. The van der Waals surface area contributed by atoms with E-state index in [0.717, 1.165) is 5.06 Å². The lowest BCUT2D eigenvalue weighted by atomic mass is 10.1. The highest BCUT2D eigenvalue weighted by atomic mass is 16.7. The fraction of sp³-hybridized carbons (Fsp3) is 0.267. The minimum absolute atomic E-state index is 0.00320. The Morgan fingerprint density at radius 1 is 1.38 bits per heavy atom. The molecule has 1 heterocycles. The maximum absolute atomic E-state index is 11.9. The molecule has 0 radical (unpaired) electrons. The van der Waals surface area contributed by atoms with Crippen LogP contribution in [0.4, 0.5) is 11.4 Å². The van der Waals surface area contributed by atoms with Gasteiger partial charge in [-0.1, -0.05) is 6.07 Å². The molecule has 2 amide bonds. The number of carbonyl (C=O) groups excluding carboxylic acids is 2. The molecule has 0 aliphatic rings. The van der Waals surface area contributed by atoms with E-state index in [2.05, 4.69) is 10.3 Å². The van der Waals surface area contributed by atoms with Gasteiger partial charge in [0.15, 0.2) is 0 Å². The van der Waals surface area contributed by atoms with Crippen LogP contribution in [0.2, 0.25) is 0 Å². The molecule has 9 nitrogen and oxygen atoms in total. The monoisotopic (exact) mass is 332 g/mol. The predicted octanol–water partition coefficient (Wildman–Crippen LogP) is 1.66. The lowest BCUT2D eigenvalue weighted by molar-refractivity contribution is -0.384. The number of anilines is 1. The zero-order valence-electron chi connectivity index (χ0n) is 13.4. The molecule has 126 valence electrons. The van der Waals surface area contributed by atoms with Gasteiger partial charge in [0.1, 0.15) is 0 Å². The Morgan fingerprint density at radius 2 is 2.08 bits per heavy atom. The van der Waals surface area contributed by atoms with Gasteiger partial charge >= 0.3 is 0 Å². The van der Waals surface area contributed by atoms with E-state index < -0.39 is 4.92 Å². The van der Waals surface area contributed by atoms with Crippen LogP contribution in [0.1, 0.15) is 12.6 Å². The zero-order chi connectivity index (χ0) is 17.9. The molecule has 1 aromatic carbocycles. The number of rotatable bonds is 5. The molecule has 0 saturated heterocycles. The van der Waals surface area contributed by atoms with Crippen LogP contribution in [0.15, 0.2) is 24.3 Å². The lowest BCUT2D eigenvalue weighted by Crippen LogP contribution is -2.27. The number of hydrogen-bond donors (Lipinski definition) is 1. The largest absolute Gasteiger partial charge is 0.324 e. The molecule has 1 N–H and O–H groups in total. The molecule has 0 fully saturated rings. The molecular formula is C15H16N4O5. The summed E-state index contributed by atoms with van der Waals surface area (Å²) in [5.41, 5.74) is 0.898. The van der Waals surface area contributed by atoms with E-state index in [-0.39, 0.29) is 29.6 Å². The van der Waals surface area contributed by atoms with Crippen molar-refractivity contribution in [2.24, 2.45) is 0 Å². The summed E-state index contributed by atoms with van der Waals surface area (Å²) >= 11 is 0. The second kappa shape index (κ2) is 7.01. The minimum atomic E-state index is -0.546. The second-order valence-electron chi connectivity index (χ2n) is 5.06. The van der Waals surface area contributed by atoms with Gasteiger partial charge in [-0.15, -0.1) is 0 Å². The number of nitrogens with zero attached hydrogens (tertiary/aromatic N) is 3. The van der Waals surface area contributed by atoms with Crippen molar-refractivity contribution in [1.82, 2.24) is 10.0 Å². The Labute approximate surface area is 137 Å². The van der Waals surface area contributed by atoms with Gasteiger partial charge in [-0.3, -0.25) is 29.5 Å². The number of fused-ring (bicyclic) bond motifs is 1.